The van der Waals surface area contributed by atoms with Gasteiger partial charge in [-0.05, 0) is 75.1 Å². The molecular weight excluding hydrogens is 330 g/mol. The van der Waals surface area contributed by atoms with E-state index in [1.54, 1.807) is 12.1 Å². The summed E-state index contributed by atoms with van der Waals surface area (Å²) in [6.07, 6.45) is 2.07. The van der Waals surface area contributed by atoms with Gasteiger partial charge < -0.3 is 9.47 Å². The Balaban J connectivity index is 1.85. The molecule has 0 radical (unpaired) electrons. The van der Waals surface area contributed by atoms with Crippen LogP contribution in [0.15, 0.2) is 29.8 Å². The largest absolute Gasteiger partial charge is 0.489 e. The molecule has 0 spiro atoms. The summed E-state index contributed by atoms with van der Waals surface area (Å²) >= 11 is 0. The van der Waals surface area contributed by atoms with Crippen molar-refractivity contribution in [1.82, 2.24) is 0 Å². The number of non-ortho nitro benzene ring substituents is 1. The summed E-state index contributed by atoms with van der Waals surface area (Å²) in [6, 6.07) is 6.12. The first-order valence-electron chi connectivity index (χ1n) is 8.64. The maximum absolute atomic E-state index is 10.7. The van der Waals surface area contributed by atoms with Crippen LogP contribution in [0.5, 0.6) is 11.5 Å². The molecule has 1 aliphatic heterocycles. The molecule has 5 nitrogen and oxygen atoms in total. The summed E-state index contributed by atoms with van der Waals surface area (Å²) in [5.41, 5.74) is 7.17. The average molecular weight is 353 g/mol. The zero-order chi connectivity index (χ0) is 19.0. The second-order valence-corrected chi connectivity index (χ2v) is 6.76. The number of nitro benzene ring substituents is 1. The first-order valence-corrected chi connectivity index (χ1v) is 8.64. The lowest BCUT2D eigenvalue weighted by atomic mass is 9.90. The van der Waals surface area contributed by atoms with Crippen molar-refractivity contribution in [2.24, 2.45) is 0 Å². The summed E-state index contributed by atoms with van der Waals surface area (Å²) in [6.45, 7) is 10.9. The number of rotatable bonds is 4. The van der Waals surface area contributed by atoms with Crippen LogP contribution in [0.25, 0.3) is 6.08 Å². The zero-order valence-electron chi connectivity index (χ0n) is 15.8. The Morgan fingerprint density at radius 2 is 1.65 bits per heavy atom. The summed E-state index contributed by atoms with van der Waals surface area (Å²) in [7, 11) is 0. The molecule has 0 saturated heterocycles. The number of nitro groups is 1. The predicted octanol–water partition coefficient (Wildman–Crippen LogP) is 5.07. The maximum Gasteiger partial charge on any atom is 0.269 e. The minimum atomic E-state index is -0.421. The molecule has 3 rings (SSSR count). The van der Waals surface area contributed by atoms with Gasteiger partial charge in [0.2, 0.25) is 0 Å². The van der Waals surface area contributed by atoms with E-state index in [0.29, 0.717) is 12.4 Å². The minimum absolute atomic E-state index is 0.0526. The Morgan fingerprint density at radius 1 is 1.04 bits per heavy atom. The molecule has 1 unspecified atom stereocenters. The van der Waals surface area contributed by atoms with Crippen LogP contribution in [-0.2, 0) is 0 Å². The van der Waals surface area contributed by atoms with Gasteiger partial charge in [0.05, 0.1) is 4.92 Å². The number of hydrogen-bond donors (Lipinski definition) is 0. The lowest BCUT2D eigenvalue weighted by Crippen LogP contribution is -2.24. The molecule has 26 heavy (non-hydrogen) atoms. The number of fused-ring (bicyclic) bond motifs is 1. The van der Waals surface area contributed by atoms with Crippen molar-refractivity contribution in [3.63, 3.8) is 0 Å². The lowest BCUT2D eigenvalue weighted by molar-refractivity contribution is -0.384. The van der Waals surface area contributed by atoms with E-state index in [9.17, 15) is 10.1 Å². The van der Waals surface area contributed by atoms with Gasteiger partial charge in [-0.1, -0.05) is 0 Å². The summed E-state index contributed by atoms with van der Waals surface area (Å²) in [5, 5.41) is 10.7. The van der Waals surface area contributed by atoms with Crippen molar-refractivity contribution in [2.45, 2.75) is 40.7 Å². The molecule has 0 aliphatic carbocycles. The van der Waals surface area contributed by atoms with E-state index in [1.807, 2.05) is 6.92 Å². The van der Waals surface area contributed by atoms with Crippen LogP contribution in [0.4, 0.5) is 5.69 Å². The van der Waals surface area contributed by atoms with E-state index in [-0.39, 0.29) is 11.8 Å². The number of hydrogen-bond acceptors (Lipinski definition) is 4. The first-order chi connectivity index (χ1) is 12.3. The van der Waals surface area contributed by atoms with Crippen molar-refractivity contribution in [2.75, 3.05) is 6.61 Å². The van der Waals surface area contributed by atoms with E-state index < -0.39 is 4.92 Å². The SMILES string of the molecule is Cc1c(C)c(C)c2c(c1C)C=C(COc1ccc([N+](=O)[O-])cc1)C(C)O2. The van der Waals surface area contributed by atoms with E-state index in [0.717, 1.165) is 16.9 Å². The van der Waals surface area contributed by atoms with E-state index in [1.165, 1.54) is 34.4 Å². The van der Waals surface area contributed by atoms with Crippen molar-refractivity contribution in [3.05, 3.63) is 67.8 Å². The molecule has 1 heterocycles. The molecule has 0 amide bonds. The second-order valence-electron chi connectivity index (χ2n) is 6.76. The van der Waals surface area contributed by atoms with Crippen molar-refractivity contribution < 1.29 is 14.4 Å². The molecule has 0 bridgehead atoms. The minimum Gasteiger partial charge on any atom is -0.489 e. The molecule has 136 valence electrons. The topological polar surface area (TPSA) is 61.6 Å². The molecule has 2 aromatic rings. The van der Waals surface area contributed by atoms with Crippen LogP contribution in [0, 0.1) is 37.8 Å². The average Bonchev–Trinajstić information content (AvgIpc) is 2.63. The standard InChI is InChI=1S/C21H23NO4/c1-12-13(2)15(4)21-20(14(12)3)10-17(16(5)26-21)11-25-19-8-6-18(7-9-19)22(23)24/h6-10,16H,11H2,1-5H3. The Morgan fingerprint density at radius 3 is 2.27 bits per heavy atom. The highest BCUT2D eigenvalue weighted by atomic mass is 16.6. The fourth-order valence-electron chi connectivity index (χ4n) is 3.18. The molecule has 1 atom stereocenters. The highest BCUT2D eigenvalue weighted by molar-refractivity contribution is 5.71. The van der Waals surface area contributed by atoms with Gasteiger partial charge in [-0.2, -0.15) is 0 Å². The van der Waals surface area contributed by atoms with E-state index in [2.05, 4.69) is 33.8 Å². The van der Waals surface area contributed by atoms with E-state index >= 15 is 0 Å². The highest BCUT2D eigenvalue weighted by Crippen LogP contribution is 2.38. The Labute approximate surface area is 153 Å². The highest BCUT2D eigenvalue weighted by Gasteiger charge is 2.24. The van der Waals surface area contributed by atoms with Crippen LogP contribution in [0.3, 0.4) is 0 Å². The molecule has 5 heteroatoms. The van der Waals surface area contributed by atoms with Gasteiger partial charge >= 0.3 is 0 Å². The third kappa shape index (κ3) is 3.17. The van der Waals surface area contributed by atoms with Crippen LogP contribution in [-0.4, -0.2) is 17.6 Å². The molecular formula is C21H23NO4. The van der Waals surface area contributed by atoms with Gasteiger partial charge in [0.25, 0.3) is 5.69 Å². The molecule has 2 aromatic carbocycles. The summed E-state index contributed by atoms with van der Waals surface area (Å²) in [5.74, 6) is 1.56. The van der Waals surface area contributed by atoms with Crippen LogP contribution in [0.2, 0.25) is 0 Å². The summed E-state index contributed by atoms with van der Waals surface area (Å²) < 4.78 is 12.0. The van der Waals surface area contributed by atoms with Crippen molar-refractivity contribution in [1.29, 1.82) is 0 Å². The quantitative estimate of drug-likeness (QED) is 0.568. The van der Waals surface area contributed by atoms with Crippen LogP contribution < -0.4 is 9.47 Å². The van der Waals surface area contributed by atoms with Gasteiger partial charge in [-0.15, -0.1) is 0 Å². The Bertz CT molecular complexity index is 897. The van der Waals surface area contributed by atoms with Crippen molar-refractivity contribution >= 4 is 11.8 Å². The predicted molar refractivity (Wildman–Crippen MR) is 102 cm³/mol. The van der Waals surface area contributed by atoms with Gasteiger partial charge in [-0.3, -0.25) is 10.1 Å². The van der Waals surface area contributed by atoms with Crippen LogP contribution in [0.1, 0.15) is 34.7 Å². The molecule has 0 aromatic heterocycles. The summed E-state index contributed by atoms with van der Waals surface area (Å²) in [4.78, 5) is 10.3. The fourth-order valence-corrected chi connectivity index (χ4v) is 3.18. The second kappa shape index (κ2) is 6.83. The smallest absolute Gasteiger partial charge is 0.269 e. The van der Waals surface area contributed by atoms with Crippen molar-refractivity contribution in [3.8, 4) is 11.5 Å². The normalized spacial score (nSPS) is 15.7. The Kier molecular flexibility index (Phi) is 4.72. The number of nitrogens with zero attached hydrogens (tertiary/aromatic N) is 1. The number of benzene rings is 2. The number of ether oxygens (including phenoxy) is 2. The molecule has 0 saturated carbocycles. The van der Waals surface area contributed by atoms with Crippen LogP contribution >= 0.6 is 0 Å². The van der Waals surface area contributed by atoms with Gasteiger partial charge in [0, 0.05) is 23.3 Å². The first kappa shape index (κ1) is 18.0. The van der Waals surface area contributed by atoms with Gasteiger partial charge in [-0.25, -0.2) is 0 Å². The van der Waals surface area contributed by atoms with Gasteiger partial charge in [0.1, 0.15) is 24.2 Å². The fraction of sp³-hybridized carbons (Fsp3) is 0.333. The maximum atomic E-state index is 10.7. The third-order valence-electron chi connectivity index (χ3n) is 5.28. The Hall–Kier alpha value is -2.82. The third-order valence-corrected chi connectivity index (χ3v) is 5.28. The molecule has 0 fully saturated rings. The lowest BCUT2D eigenvalue weighted by Gasteiger charge is -2.29. The van der Waals surface area contributed by atoms with Gasteiger partial charge in [0.15, 0.2) is 0 Å². The molecule has 1 aliphatic rings. The molecule has 0 N–H and O–H groups in total. The monoisotopic (exact) mass is 353 g/mol. The zero-order valence-corrected chi connectivity index (χ0v) is 15.8. The van der Waals surface area contributed by atoms with E-state index in [4.69, 9.17) is 9.47 Å².